The number of fused-ring (bicyclic) bond motifs is 3. The molecule has 5 rings (SSSR count). The highest BCUT2D eigenvalue weighted by Crippen LogP contribution is 2.43. The van der Waals surface area contributed by atoms with Gasteiger partial charge in [-0.1, -0.05) is 69.6 Å². The summed E-state index contributed by atoms with van der Waals surface area (Å²) in [5.74, 6) is 1.22. The van der Waals surface area contributed by atoms with E-state index in [1.807, 2.05) is 48.5 Å². The Morgan fingerprint density at radius 1 is 1.14 bits per heavy atom. The summed E-state index contributed by atoms with van der Waals surface area (Å²) < 4.78 is 17.8. The fourth-order valence-corrected chi connectivity index (χ4v) is 5.11. The molecular weight excluding hydrogens is 580 g/mol. The number of anilines is 1. The lowest BCUT2D eigenvalue weighted by Crippen LogP contribution is -2.18. The third-order valence-electron chi connectivity index (χ3n) is 5.43. The first-order valence-corrected chi connectivity index (χ1v) is 13.3. The molecule has 37 heavy (non-hydrogen) atoms. The molecule has 0 bridgehead atoms. The Balaban J connectivity index is 1.50. The number of hydrogen-bond acceptors (Lipinski definition) is 9. The zero-order chi connectivity index (χ0) is 25.9. The Labute approximate surface area is 230 Å². The molecule has 1 aromatic heterocycles. The largest absolute Gasteiger partial charge is 0.493 e. The molecule has 0 amide bonds. The van der Waals surface area contributed by atoms with Gasteiger partial charge in [-0.2, -0.15) is 4.98 Å². The summed E-state index contributed by atoms with van der Waals surface area (Å²) in [6.45, 7) is 1.33. The number of carbonyl (C=O) groups is 1. The molecule has 1 N–H and O–H groups in total. The van der Waals surface area contributed by atoms with E-state index >= 15 is 0 Å². The smallest absolute Gasteiger partial charge is 0.308 e. The van der Waals surface area contributed by atoms with E-state index in [-0.39, 0.29) is 0 Å². The van der Waals surface area contributed by atoms with Crippen molar-refractivity contribution < 1.29 is 19.0 Å². The number of esters is 1. The molecule has 0 unspecified atom stereocenters. The summed E-state index contributed by atoms with van der Waals surface area (Å²) in [5, 5.41) is 13.4. The van der Waals surface area contributed by atoms with Crippen LogP contribution in [0.3, 0.4) is 0 Å². The molecule has 0 radical (unpaired) electrons. The third-order valence-corrected chi connectivity index (χ3v) is 7.28. The molecule has 188 valence electrons. The molecule has 0 saturated heterocycles. The van der Waals surface area contributed by atoms with E-state index in [1.54, 1.807) is 12.1 Å². The van der Waals surface area contributed by atoms with Gasteiger partial charge in [-0.05, 0) is 35.9 Å². The van der Waals surface area contributed by atoms with E-state index < -0.39 is 12.2 Å². The second-order valence-corrected chi connectivity index (χ2v) is 10.2. The summed E-state index contributed by atoms with van der Waals surface area (Å²) in [6.07, 6.45) is -0.664. The van der Waals surface area contributed by atoms with Crippen LogP contribution in [0, 0.1) is 0 Å². The number of carbonyl (C=O) groups excluding carboxylic acids is 1. The van der Waals surface area contributed by atoms with Crippen LogP contribution in [0.1, 0.15) is 24.3 Å². The number of nitrogens with one attached hydrogen (secondary N) is 1. The first-order chi connectivity index (χ1) is 17.9. The highest BCUT2D eigenvalue weighted by Gasteiger charge is 2.28. The lowest BCUT2D eigenvalue weighted by Gasteiger charge is -2.22. The van der Waals surface area contributed by atoms with Crippen molar-refractivity contribution in [1.29, 1.82) is 0 Å². The van der Waals surface area contributed by atoms with Gasteiger partial charge in [0.05, 0.1) is 7.11 Å². The van der Waals surface area contributed by atoms with Crippen LogP contribution < -0.4 is 19.5 Å². The van der Waals surface area contributed by atoms with Crippen molar-refractivity contribution in [2.75, 3.05) is 12.4 Å². The Kier molecular flexibility index (Phi) is 7.50. The number of thioether (sulfide) groups is 1. The molecular formula is C26H20BrClN4O4S. The first kappa shape index (κ1) is 25.3. The number of benzene rings is 3. The van der Waals surface area contributed by atoms with E-state index in [4.69, 9.17) is 30.8 Å². The van der Waals surface area contributed by atoms with Gasteiger partial charge in [-0.3, -0.25) is 4.79 Å². The minimum absolute atomic E-state index is 0.296. The average molecular weight is 600 g/mol. The average Bonchev–Trinajstić information content (AvgIpc) is 3.04. The molecule has 1 aliphatic rings. The Hall–Kier alpha value is -3.34. The first-order valence-electron chi connectivity index (χ1n) is 11.1. The van der Waals surface area contributed by atoms with E-state index in [2.05, 4.69) is 31.4 Å². The number of hydrogen-bond donors (Lipinski definition) is 1. The van der Waals surface area contributed by atoms with Crippen molar-refractivity contribution >= 4 is 50.9 Å². The fraction of sp³-hybridized carbons (Fsp3) is 0.154. The molecule has 11 heteroatoms. The molecule has 0 aliphatic carbocycles. The molecule has 0 fully saturated rings. The minimum Gasteiger partial charge on any atom is -0.493 e. The summed E-state index contributed by atoms with van der Waals surface area (Å²) in [7, 11) is 1.51. The molecule has 2 heterocycles. The van der Waals surface area contributed by atoms with Crippen LogP contribution in [-0.2, 0) is 10.5 Å². The molecule has 0 saturated carbocycles. The van der Waals surface area contributed by atoms with Gasteiger partial charge in [-0.25, -0.2) is 0 Å². The van der Waals surface area contributed by atoms with Gasteiger partial charge in [-0.15, -0.1) is 10.2 Å². The number of para-hydroxylation sites is 1. The van der Waals surface area contributed by atoms with Crippen LogP contribution in [0.2, 0.25) is 5.02 Å². The Bertz CT molecular complexity index is 1470. The number of ether oxygens (including phenoxy) is 3. The van der Waals surface area contributed by atoms with Crippen LogP contribution in [0.4, 0.5) is 5.69 Å². The van der Waals surface area contributed by atoms with Crippen LogP contribution in [0.5, 0.6) is 17.4 Å². The zero-order valence-electron chi connectivity index (χ0n) is 19.7. The topological polar surface area (TPSA) is 95.5 Å². The number of aromatic nitrogens is 3. The van der Waals surface area contributed by atoms with Gasteiger partial charge in [0.15, 0.2) is 23.4 Å². The summed E-state index contributed by atoms with van der Waals surface area (Å²) in [5.41, 5.74) is 3.95. The summed E-state index contributed by atoms with van der Waals surface area (Å²) in [4.78, 5) is 16.2. The summed E-state index contributed by atoms with van der Waals surface area (Å²) >= 11 is 11.0. The lowest BCUT2D eigenvalue weighted by atomic mass is 10.1. The van der Waals surface area contributed by atoms with Gasteiger partial charge in [0.2, 0.25) is 11.0 Å². The second kappa shape index (κ2) is 11.0. The second-order valence-electron chi connectivity index (χ2n) is 7.97. The Morgan fingerprint density at radius 3 is 2.68 bits per heavy atom. The molecule has 4 aromatic rings. The SMILES string of the molecule is COc1cc([C@H]2Nc3ccccc3-c3nnc(SCc4ccc(Cl)cc4)nc3O2)c(Br)cc1OC(C)=O. The van der Waals surface area contributed by atoms with Crippen molar-refractivity contribution in [3.63, 3.8) is 0 Å². The van der Waals surface area contributed by atoms with Crippen molar-refractivity contribution in [1.82, 2.24) is 15.2 Å². The van der Waals surface area contributed by atoms with Crippen molar-refractivity contribution in [3.8, 4) is 28.6 Å². The van der Waals surface area contributed by atoms with Crippen LogP contribution in [0.25, 0.3) is 11.3 Å². The van der Waals surface area contributed by atoms with Crippen molar-refractivity contribution in [3.05, 3.63) is 81.3 Å². The molecule has 1 atom stereocenters. The Morgan fingerprint density at radius 2 is 1.92 bits per heavy atom. The maximum atomic E-state index is 11.5. The number of nitrogens with zero attached hydrogens (tertiary/aromatic N) is 3. The van der Waals surface area contributed by atoms with Crippen LogP contribution in [0.15, 0.2) is 70.3 Å². The maximum absolute atomic E-state index is 11.5. The van der Waals surface area contributed by atoms with E-state index in [1.165, 1.54) is 25.8 Å². The fourth-order valence-electron chi connectivity index (χ4n) is 3.72. The standard InChI is InChI=1S/C26H20BrClN4O4S/c1-14(33)35-22-12-19(27)18(11-21(22)34-2)24-29-20-6-4-3-5-17(20)23-25(36-24)30-26(32-31-23)37-13-15-7-9-16(28)10-8-15/h3-12,24,29H,13H2,1-2H3/t24-/m0/s1. The van der Waals surface area contributed by atoms with E-state index in [9.17, 15) is 4.79 Å². The quantitative estimate of drug-likeness (QED) is 0.148. The van der Waals surface area contributed by atoms with Crippen LogP contribution in [-0.4, -0.2) is 28.3 Å². The predicted molar refractivity (Wildman–Crippen MR) is 145 cm³/mol. The molecule has 3 aromatic carbocycles. The van der Waals surface area contributed by atoms with Crippen molar-refractivity contribution in [2.24, 2.45) is 0 Å². The normalized spacial score (nSPS) is 13.9. The lowest BCUT2D eigenvalue weighted by molar-refractivity contribution is -0.132. The number of methoxy groups -OCH3 is 1. The van der Waals surface area contributed by atoms with Gasteiger partial charge < -0.3 is 19.5 Å². The zero-order valence-corrected chi connectivity index (χ0v) is 22.9. The highest BCUT2D eigenvalue weighted by molar-refractivity contribution is 9.10. The monoisotopic (exact) mass is 598 g/mol. The summed E-state index contributed by atoms with van der Waals surface area (Å²) in [6, 6.07) is 18.8. The number of halogens is 2. The highest BCUT2D eigenvalue weighted by atomic mass is 79.9. The van der Waals surface area contributed by atoms with Gasteiger partial charge >= 0.3 is 5.97 Å². The van der Waals surface area contributed by atoms with Gasteiger partial charge in [0.1, 0.15) is 0 Å². The van der Waals surface area contributed by atoms with E-state index in [0.717, 1.165) is 16.8 Å². The molecule has 1 aliphatic heterocycles. The minimum atomic E-state index is -0.664. The van der Waals surface area contributed by atoms with Crippen LogP contribution >= 0.6 is 39.3 Å². The van der Waals surface area contributed by atoms with E-state index in [0.29, 0.717) is 49.0 Å². The predicted octanol–water partition coefficient (Wildman–Crippen LogP) is 6.68. The molecule has 0 spiro atoms. The van der Waals surface area contributed by atoms with Gasteiger partial charge in [0.25, 0.3) is 0 Å². The van der Waals surface area contributed by atoms with Crippen molar-refractivity contribution in [2.45, 2.75) is 24.1 Å². The molecule has 8 nitrogen and oxygen atoms in total. The maximum Gasteiger partial charge on any atom is 0.308 e. The third kappa shape index (κ3) is 5.66. The van der Waals surface area contributed by atoms with Gasteiger partial charge in [0, 0.05) is 39.0 Å². The number of rotatable bonds is 6.